The smallest absolute Gasteiger partial charge is 0.0935 e. The molecule has 7 nitrogen and oxygen atoms in total. The monoisotopic (exact) mass is 179 g/mol. The van der Waals surface area contributed by atoms with Gasteiger partial charge in [0.2, 0.25) is 0 Å². The molecule has 0 saturated heterocycles. The first kappa shape index (κ1) is 7.87. The number of aromatic nitrogens is 6. The van der Waals surface area contributed by atoms with Gasteiger partial charge in [0.1, 0.15) is 0 Å². The highest BCUT2D eigenvalue weighted by Gasteiger charge is 1.91. The van der Waals surface area contributed by atoms with Gasteiger partial charge in [-0.1, -0.05) is 10.4 Å². The fourth-order valence-corrected chi connectivity index (χ4v) is 0.913. The van der Waals surface area contributed by atoms with Crippen molar-refractivity contribution < 1.29 is 0 Å². The number of rotatable bonds is 4. The molecule has 0 spiro atoms. The molecular weight excluding hydrogens is 170 g/mol. The SMILES string of the molecule is c1cn(CNCn2ccnn2)nn1. The zero-order valence-corrected chi connectivity index (χ0v) is 6.91. The average Bonchev–Trinajstić information content (AvgIpc) is 2.75. The quantitative estimate of drug-likeness (QED) is 0.656. The van der Waals surface area contributed by atoms with Crippen molar-refractivity contribution >= 4 is 0 Å². The maximum Gasteiger partial charge on any atom is 0.0935 e. The van der Waals surface area contributed by atoms with Crippen molar-refractivity contribution in [2.75, 3.05) is 0 Å². The maximum atomic E-state index is 3.79. The Hall–Kier alpha value is -1.76. The van der Waals surface area contributed by atoms with Crippen LogP contribution in [0.15, 0.2) is 24.8 Å². The zero-order chi connectivity index (χ0) is 8.93. The Bertz CT molecular complexity index is 290. The Balaban J connectivity index is 1.76. The molecule has 13 heavy (non-hydrogen) atoms. The molecule has 0 aliphatic heterocycles. The van der Waals surface area contributed by atoms with Gasteiger partial charge in [0.15, 0.2) is 0 Å². The molecule has 0 radical (unpaired) electrons. The van der Waals surface area contributed by atoms with Gasteiger partial charge in [-0.15, -0.1) is 10.2 Å². The lowest BCUT2D eigenvalue weighted by atomic mass is 10.8. The summed E-state index contributed by atoms with van der Waals surface area (Å²) in [6.45, 7) is 1.22. The van der Waals surface area contributed by atoms with E-state index >= 15 is 0 Å². The molecule has 2 heterocycles. The summed E-state index contributed by atoms with van der Waals surface area (Å²) in [7, 11) is 0. The highest BCUT2D eigenvalue weighted by Crippen LogP contribution is 1.79. The Morgan fingerprint density at radius 1 is 0.923 bits per heavy atom. The molecule has 0 atom stereocenters. The second kappa shape index (κ2) is 3.76. The van der Waals surface area contributed by atoms with Gasteiger partial charge in [0.25, 0.3) is 0 Å². The van der Waals surface area contributed by atoms with E-state index in [1.165, 1.54) is 0 Å². The van der Waals surface area contributed by atoms with Crippen LogP contribution in [-0.2, 0) is 13.3 Å². The standard InChI is InChI=1S/C6H9N7/c1-3-12(10-8-1)5-7-6-13-4-2-9-11-13/h1-4,7H,5-6H2. The summed E-state index contributed by atoms with van der Waals surface area (Å²) in [5, 5.41) is 18.1. The number of hydrogen-bond acceptors (Lipinski definition) is 5. The van der Waals surface area contributed by atoms with E-state index in [0.29, 0.717) is 13.3 Å². The third-order valence-corrected chi connectivity index (χ3v) is 1.49. The first-order valence-corrected chi connectivity index (χ1v) is 3.84. The molecule has 0 amide bonds. The van der Waals surface area contributed by atoms with E-state index in [1.807, 2.05) is 0 Å². The van der Waals surface area contributed by atoms with Crippen molar-refractivity contribution in [3.05, 3.63) is 24.8 Å². The summed E-state index contributed by atoms with van der Waals surface area (Å²) in [6.07, 6.45) is 6.84. The molecule has 2 rings (SSSR count). The van der Waals surface area contributed by atoms with Gasteiger partial charge in [0.05, 0.1) is 25.7 Å². The van der Waals surface area contributed by atoms with Gasteiger partial charge in [-0.25, -0.2) is 9.36 Å². The normalized spacial score (nSPS) is 10.5. The summed E-state index contributed by atoms with van der Waals surface area (Å²) in [4.78, 5) is 0. The summed E-state index contributed by atoms with van der Waals surface area (Å²) in [5.41, 5.74) is 0. The van der Waals surface area contributed by atoms with Crippen molar-refractivity contribution in [3.63, 3.8) is 0 Å². The number of nitrogens with zero attached hydrogens (tertiary/aromatic N) is 6. The lowest BCUT2D eigenvalue weighted by Crippen LogP contribution is -2.22. The van der Waals surface area contributed by atoms with Crippen molar-refractivity contribution in [1.29, 1.82) is 0 Å². The number of hydrogen-bond donors (Lipinski definition) is 1. The molecule has 0 saturated carbocycles. The molecule has 0 aliphatic rings. The molecule has 0 unspecified atom stereocenters. The summed E-state index contributed by atoms with van der Waals surface area (Å²) < 4.78 is 3.38. The maximum absolute atomic E-state index is 3.79. The first-order valence-electron chi connectivity index (χ1n) is 3.84. The van der Waals surface area contributed by atoms with Crippen LogP contribution in [0.3, 0.4) is 0 Å². The van der Waals surface area contributed by atoms with E-state index in [4.69, 9.17) is 0 Å². The predicted octanol–water partition coefficient (Wildman–Crippen LogP) is -0.926. The molecule has 0 aromatic carbocycles. The van der Waals surface area contributed by atoms with Crippen molar-refractivity contribution in [1.82, 2.24) is 35.3 Å². The minimum Gasteiger partial charge on any atom is -0.279 e. The van der Waals surface area contributed by atoms with Gasteiger partial charge in [0, 0.05) is 12.4 Å². The Morgan fingerprint density at radius 3 is 1.85 bits per heavy atom. The molecule has 0 bridgehead atoms. The van der Waals surface area contributed by atoms with Gasteiger partial charge < -0.3 is 0 Å². The summed E-state index contributed by atoms with van der Waals surface area (Å²) >= 11 is 0. The predicted molar refractivity (Wildman–Crippen MR) is 43.2 cm³/mol. The third kappa shape index (κ3) is 2.09. The Labute approximate surface area is 74.4 Å². The topological polar surface area (TPSA) is 73.5 Å². The van der Waals surface area contributed by atoms with Crippen LogP contribution >= 0.6 is 0 Å². The molecule has 7 heteroatoms. The Morgan fingerprint density at radius 2 is 1.46 bits per heavy atom. The molecule has 2 aromatic rings. The molecule has 0 aliphatic carbocycles. The molecule has 0 fully saturated rings. The van der Waals surface area contributed by atoms with Gasteiger partial charge in [-0.05, 0) is 0 Å². The van der Waals surface area contributed by atoms with Crippen LogP contribution in [-0.4, -0.2) is 30.0 Å². The van der Waals surface area contributed by atoms with Gasteiger partial charge >= 0.3 is 0 Å². The van der Waals surface area contributed by atoms with Gasteiger partial charge in [-0.3, -0.25) is 5.32 Å². The fourth-order valence-electron chi connectivity index (χ4n) is 0.913. The van der Waals surface area contributed by atoms with Crippen molar-refractivity contribution in [3.8, 4) is 0 Å². The molecule has 2 aromatic heterocycles. The minimum atomic E-state index is 0.611. The molecule has 1 N–H and O–H groups in total. The number of nitrogens with one attached hydrogen (secondary N) is 1. The molecular formula is C6H9N7. The highest BCUT2D eigenvalue weighted by atomic mass is 15.5. The van der Waals surface area contributed by atoms with Gasteiger partial charge in [-0.2, -0.15) is 0 Å². The van der Waals surface area contributed by atoms with Crippen LogP contribution < -0.4 is 5.32 Å². The molecule has 68 valence electrons. The Kier molecular flexibility index (Phi) is 2.28. The van der Waals surface area contributed by atoms with Crippen LogP contribution in [0.5, 0.6) is 0 Å². The van der Waals surface area contributed by atoms with E-state index in [-0.39, 0.29) is 0 Å². The van der Waals surface area contributed by atoms with Crippen LogP contribution in [0.2, 0.25) is 0 Å². The van der Waals surface area contributed by atoms with E-state index in [1.54, 1.807) is 34.2 Å². The largest absolute Gasteiger partial charge is 0.279 e. The summed E-state index contributed by atoms with van der Waals surface area (Å²) in [5.74, 6) is 0. The van der Waals surface area contributed by atoms with E-state index in [2.05, 4.69) is 25.9 Å². The van der Waals surface area contributed by atoms with E-state index in [0.717, 1.165) is 0 Å². The van der Waals surface area contributed by atoms with Crippen LogP contribution in [0, 0.1) is 0 Å². The average molecular weight is 179 g/mol. The van der Waals surface area contributed by atoms with E-state index < -0.39 is 0 Å². The lowest BCUT2D eigenvalue weighted by Gasteiger charge is -2.02. The zero-order valence-electron chi connectivity index (χ0n) is 6.91. The van der Waals surface area contributed by atoms with Crippen molar-refractivity contribution in [2.24, 2.45) is 0 Å². The highest BCUT2D eigenvalue weighted by molar-refractivity contribution is 4.64. The van der Waals surface area contributed by atoms with E-state index in [9.17, 15) is 0 Å². The van der Waals surface area contributed by atoms with Crippen LogP contribution in [0.1, 0.15) is 0 Å². The fraction of sp³-hybridized carbons (Fsp3) is 0.333. The second-order valence-electron chi connectivity index (χ2n) is 2.45. The summed E-state index contributed by atoms with van der Waals surface area (Å²) in [6, 6.07) is 0. The lowest BCUT2D eigenvalue weighted by molar-refractivity contribution is 0.422. The van der Waals surface area contributed by atoms with Crippen molar-refractivity contribution in [2.45, 2.75) is 13.3 Å². The third-order valence-electron chi connectivity index (χ3n) is 1.49. The second-order valence-corrected chi connectivity index (χ2v) is 2.45. The van der Waals surface area contributed by atoms with Crippen LogP contribution in [0.4, 0.5) is 0 Å². The van der Waals surface area contributed by atoms with Crippen LogP contribution in [0.25, 0.3) is 0 Å². The first-order chi connectivity index (χ1) is 6.45. The minimum absolute atomic E-state index is 0.611.